The molecule has 0 aliphatic heterocycles. The van der Waals surface area contributed by atoms with Gasteiger partial charge in [-0.25, -0.2) is 0 Å². The van der Waals surface area contributed by atoms with Crippen LogP contribution >= 0.6 is 0 Å². The third-order valence-corrected chi connectivity index (χ3v) is 2.91. The quantitative estimate of drug-likeness (QED) is 0.821. The Labute approximate surface area is 119 Å². The minimum Gasteiger partial charge on any atom is -0.456 e. The molecule has 0 radical (unpaired) electrons. The number of rotatable bonds is 6. The number of hydrogen-bond acceptors (Lipinski definition) is 5. The van der Waals surface area contributed by atoms with Crippen molar-refractivity contribution in [3.63, 3.8) is 0 Å². The Morgan fingerprint density at radius 2 is 1.95 bits per heavy atom. The number of aryl methyl sites for hydroxylation is 2. The third-order valence-electron chi connectivity index (χ3n) is 2.91. The summed E-state index contributed by atoms with van der Waals surface area (Å²) in [5, 5.41) is 11.5. The first-order valence-corrected chi connectivity index (χ1v) is 7.14. The summed E-state index contributed by atoms with van der Waals surface area (Å²) in [5.74, 6) is 2.69. The fourth-order valence-electron chi connectivity index (χ4n) is 1.84. The van der Waals surface area contributed by atoms with Gasteiger partial charge in [0.05, 0.1) is 0 Å². The number of hydrogen-bond donors (Lipinski definition) is 1. The van der Waals surface area contributed by atoms with E-state index in [9.17, 15) is 0 Å². The molecular formula is C15H23N3O2. The molecule has 2 aromatic heterocycles. The SMILES string of the molecule is CCc1ccc(-c2nnc(CCCNC(C)(C)C)o2)o1. The van der Waals surface area contributed by atoms with E-state index < -0.39 is 0 Å². The average molecular weight is 277 g/mol. The molecule has 5 heteroatoms. The van der Waals surface area contributed by atoms with Crippen LogP contribution < -0.4 is 5.32 Å². The van der Waals surface area contributed by atoms with E-state index in [1.165, 1.54) is 0 Å². The highest BCUT2D eigenvalue weighted by molar-refractivity contribution is 5.43. The second kappa shape index (κ2) is 6.22. The van der Waals surface area contributed by atoms with Gasteiger partial charge < -0.3 is 14.2 Å². The van der Waals surface area contributed by atoms with Crippen LogP contribution in [0.3, 0.4) is 0 Å². The maximum atomic E-state index is 5.62. The summed E-state index contributed by atoms with van der Waals surface area (Å²) >= 11 is 0. The van der Waals surface area contributed by atoms with Gasteiger partial charge in [0, 0.05) is 18.4 Å². The van der Waals surface area contributed by atoms with E-state index in [1.54, 1.807) is 0 Å². The molecule has 2 rings (SSSR count). The van der Waals surface area contributed by atoms with Crippen LogP contribution in [-0.2, 0) is 12.8 Å². The Morgan fingerprint density at radius 3 is 2.60 bits per heavy atom. The highest BCUT2D eigenvalue weighted by atomic mass is 16.4. The summed E-state index contributed by atoms with van der Waals surface area (Å²) in [5.41, 5.74) is 0.144. The standard InChI is InChI=1S/C15H23N3O2/c1-5-11-8-9-12(19-11)14-18-17-13(20-14)7-6-10-16-15(2,3)4/h8-9,16H,5-7,10H2,1-4H3. The van der Waals surface area contributed by atoms with E-state index in [0.29, 0.717) is 17.5 Å². The van der Waals surface area contributed by atoms with Crippen LogP contribution in [-0.4, -0.2) is 22.3 Å². The predicted octanol–water partition coefficient (Wildman–Crippen LogP) is 3.21. The van der Waals surface area contributed by atoms with Crippen LogP contribution in [0.5, 0.6) is 0 Å². The molecule has 0 unspecified atom stereocenters. The van der Waals surface area contributed by atoms with Gasteiger partial charge in [0.15, 0.2) is 5.76 Å². The van der Waals surface area contributed by atoms with Gasteiger partial charge in [-0.15, -0.1) is 10.2 Å². The molecule has 0 saturated carbocycles. The monoisotopic (exact) mass is 277 g/mol. The lowest BCUT2D eigenvalue weighted by Crippen LogP contribution is -2.36. The first kappa shape index (κ1) is 14.8. The second-order valence-corrected chi connectivity index (χ2v) is 5.90. The molecule has 0 aliphatic rings. The molecule has 0 spiro atoms. The highest BCUT2D eigenvalue weighted by Gasteiger charge is 2.13. The molecule has 0 fully saturated rings. The van der Waals surface area contributed by atoms with E-state index in [4.69, 9.17) is 8.83 Å². The lowest BCUT2D eigenvalue weighted by molar-refractivity contribution is 0.411. The van der Waals surface area contributed by atoms with Crippen LogP contribution in [0.25, 0.3) is 11.7 Å². The van der Waals surface area contributed by atoms with Crippen molar-refractivity contribution in [3.05, 3.63) is 23.8 Å². The zero-order valence-corrected chi connectivity index (χ0v) is 12.7. The van der Waals surface area contributed by atoms with Crippen molar-refractivity contribution in [1.82, 2.24) is 15.5 Å². The molecule has 0 saturated heterocycles. The lowest BCUT2D eigenvalue weighted by atomic mass is 10.1. The van der Waals surface area contributed by atoms with Gasteiger partial charge in [0.25, 0.3) is 5.89 Å². The summed E-state index contributed by atoms with van der Waals surface area (Å²) < 4.78 is 11.2. The average Bonchev–Trinajstić information content (AvgIpc) is 3.02. The van der Waals surface area contributed by atoms with Gasteiger partial charge in [-0.05, 0) is 45.9 Å². The van der Waals surface area contributed by atoms with Crippen molar-refractivity contribution in [2.24, 2.45) is 0 Å². The van der Waals surface area contributed by atoms with Gasteiger partial charge in [-0.1, -0.05) is 6.92 Å². The lowest BCUT2D eigenvalue weighted by Gasteiger charge is -2.19. The maximum Gasteiger partial charge on any atom is 0.283 e. The normalized spacial score (nSPS) is 12.0. The van der Waals surface area contributed by atoms with E-state index in [-0.39, 0.29) is 5.54 Å². The number of aromatic nitrogens is 2. The molecule has 5 nitrogen and oxygen atoms in total. The van der Waals surface area contributed by atoms with E-state index in [2.05, 4.69) is 36.3 Å². The zero-order chi connectivity index (χ0) is 14.6. The van der Waals surface area contributed by atoms with Gasteiger partial charge in [0.2, 0.25) is 5.89 Å². The smallest absolute Gasteiger partial charge is 0.283 e. The van der Waals surface area contributed by atoms with E-state index >= 15 is 0 Å². The van der Waals surface area contributed by atoms with Gasteiger partial charge >= 0.3 is 0 Å². The molecule has 0 bridgehead atoms. The Hall–Kier alpha value is -1.62. The third kappa shape index (κ3) is 4.20. The Bertz CT molecular complexity index is 537. The zero-order valence-electron chi connectivity index (χ0n) is 12.7. The minimum absolute atomic E-state index is 0.144. The Morgan fingerprint density at radius 1 is 1.15 bits per heavy atom. The first-order valence-electron chi connectivity index (χ1n) is 7.14. The molecule has 0 amide bonds. The molecule has 20 heavy (non-hydrogen) atoms. The molecule has 0 atom stereocenters. The predicted molar refractivity (Wildman–Crippen MR) is 77.5 cm³/mol. The minimum atomic E-state index is 0.144. The molecular weight excluding hydrogens is 254 g/mol. The molecule has 1 N–H and O–H groups in total. The summed E-state index contributed by atoms with van der Waals surface area (Å²) in [7, 11) is 0. The molecule has 110 valence electrons. The summed E-state index contributed by atoms with van der Waals surface area (Å²) in [6, 6.07) is 3.81. The molecule has 2 aromatic rings. The largest absolute Gasteiger partial charge is 0.456 e. The van der Waals surface area contributed by atoms with E-state index in [1.807, 2.05) is 19.1 Å². The second-order valence-electron chi connectivity index (χ2n) is 5.90. The fraction of sp³-hybridized carbons (Fsp3) is 0.600. The number of nitrogens with zero attached hydrogens (tertiary/aromatic N) is 2. The van der Waals surface area contributed by atoms with Crippen molar-refractivity contribution in [2.45, 2.75) is 52.5 Å². The van der Waals surface area contributed by atoms with Gasteiger partial charge in [-0.3, -0.25) is 0 Å². The summed E-state index contributed by atoms with van der Waals surface area (Å²) in [4.78, 5) is 0. The van der Waals surface area contributed by atoms with Gasteiger partial charge in [0.1, 0.15) is 5.76 Å². The number of furan rings is 1. The van der Waals surface area contributed by atoms with Crippen molar-refractivity contribution in [2.75, 3.05) is 6.54 Å². The first-order chi connectivity index (χ1) is 9.48. The van der Waals surface area contributed by atoms with Crippen LogP contribution in [0.4, 0.5) is 0 Å². The van der Waals surface area contributed by atoms with Crippen molar-refractivity contribution in [1.29, 1.82) is 0 Å². The molecule has 0 aliphatic carbocycles. The molecule has 2 heterocycles. The molecule has 0 aromatic carbocycles. The topological polar surface area (TPSA) is 64.1 Å². The van der Waals surface area contributed by atoms with Crippen molar-refractivity contribution in [3.8, 4) is 11.7 Å². The van der Waals surface area contributed by atoms with E-state index in [0.717, 1.165) is 31.6 Å². The van der Waals surface area contributed by atoms with Crippen LogP contribution in [0, 0.1) is 0 Å². The fourth-order valence-corrected chi connectivity index (χ4v) is 1.84. The summed E-state index contributed by atoms with van der Waals surface area (Å²) in [6.45, 7) is 9.44. The summed E-state index contributed by atoms with van der Waals surface area (Å²) in [6.07, 6.45) is 2.61. The Kier molecular flexibility index (Phi) is 4.60. The van der Waals surface area contributed by atoms with Crippen molar-refractivity contribution < 1.29 is 8.83 Å². The Balaban J connectivity index is 1.86. The van der Waals surface area contributed by atoms with Crippen LogP contribution in [0.1, 0.15) is 45.8 Å². The van der Waals surface area contributed by atoms with Gasteiger partial charge in [-0.2, -0.15) is 0 Å². The highest BCUT2D eigenvalue weighted by Crippen LogP contribution is 2.21. The maximum absolute atomic E-state index is 5.62. The van der Waals surface area contributed by atoms with Crippen LogP contribution in [0.15, 0.2) is 21.0 Å². The number of nitrogens with one attached hydrogen (secondary N) is 1. The van der Waals surface area contributed by atoms with Crippen molar-refractivity contribution >= 4 is 0 Å². The van der Waals surface area contributed by atoms with Crippen LogP contribution in [0.2, 0.25) is 0 Å².